The summed E-state index contributed by atoms with van der Waals surface area (Å²) in [4.78, 5) is 14.4. The predicted molar refractivity (Wildman–Crippen MR) is 162 cm³/mol. The summed E-state index contributed by atoms with van der Waals surface area (Å²) in [7, 11) is 2.78. The molecule has 3 N–H and O–H groups in total. The first-order valence-corrected chi connectivity index (χ1v) is 14.8. The van der Waals surface area contributed by atoms with E-state index in [1.165, 1.54) is 24.8 Å². The molecule has 1 aliphatic heterocycles. The molecule has 0 bridgehead atoms. The van der Waals surface area contributed by atoms with Gasteiger partial charge in [-0.3, -0.25) is 9.69 Å². The van der Waals surface area contributed by atoms with Crippen molar-refractivity contribution in [3.8, 4) is 17.6 Å². The molecule has 2 heterocycles. The Labute approximate surface area is 254 Å². The zero-order chi connectivity index (χ0) is 31.3. The van der Waals surface area contributed by atoms with Crippen LogP contribution in [-0.4, -0.2) is 80.6 Å². The maximum atomic E-state index is 14.5. The van der Waals surface area contributed by atoms with Gasteiger partial charge in [-0.2, -0.15) is 13.2 Å². The molecule has 0 radical (unpaired) electrons. The van der Waals surface area contributed by atoms with Crippen LogP contribution in [0.25, 0.3) is 10.9 Å². The van der Waals surface area contributed by atoms with Crippen LogP contribution in [0.3, 0.4) is 0 Å². The van der Waals surface area contributed by atoms with Crippen molar-refractivity contribution < 1.29 is 31.8 Å². The van der Waals surface area contributed by atoms with Gasteiger partial charge < -0.3 is 30.0 Å². The average Bonchev–Trinajstić information content (AvgIpc) is 3.36. The molecule has 44 heavy (non-hydrogen) atoms. The summed E-state index contributed by atoms with van der Waals surface area (Å²) >= 11 is 0. The SMILES string of the molecule is CNC(=O)c1cc(OC)c(NCC#Cc2cc3c(NC4CCC(N5CCOCC5)CC4)cccc3n2CC(F)(F)F)cc1F. The number of aromatic nitrogens is 1. The molecule has 2 fully saturated rings. The molecule has 1 aliphatic carbocycles. The summed E-state index contributed by atoms with van der Waals surface area (Å²) in [5.41, 5.74) is 1.54. The zero-order valence-electron chi connectivity index (χ0n) is 24.8. The molecule has 8 nitrogen and oxygen atoms in total. The van der Waals surface area contributed by atoms with E-state index in [-0.39, 0.29) is 35.3 Å². The number of amides is 1. The number of halogens is 4. The van der Waals surface area contributed by atoms with E-state index in [0.29, 0.717) is 16.9 Å². The molecule has 2 aliphatic rings. The predicted octanol–water partition coefficient (Wildman–Crippen LogP) is 5.23. The largest absolute Gasteiger partial charge is 0.495 e. The van der Waals surface area contributed by atoms with Gasteiger partial charge in [0.05, 0.1) is 49.3 Å². The van der Waals surface area contributed by atoms with Crippen LogP contribution in [-0.2, 0) is 11.3 Å². The van der Waals surface area contributed by atoms with Gasteiger partial charge in [0.25, 0.3) is 5.91 Å². The van der Waals surface area contributed by atoms with E-state index in [4.69, 9.17) is 9.47 Å². The van der Waals surface area contributed by atoms with Crippen LogP contribution in [0.4, 0.5) is 28.9 Å². The first kappa shape index (κ1) is 31.5. The van der Waals surface area contributed by atoms with Crippen molar-refractivity contribution in [1.82, 2.24) is 14.8 Å². The quantitative estimate of drug-likeness (QED) is 0.238. The van der Waals surface area contributed by atoms with E-state index in [0.717, 1.165) is 63.7 Å². The second kappa shape index (κ2) is 13.8. The number of nitrogens with one attached hydrogen (secondary N) is 3. The van der Waals surface area contributed by atoms with Gasteiger partial charge in [0.2, 0.25) is 0 Å². The summed E-state index contributed by atoms with van der Waals surface area (Å²) in [5.74, 6) is 4.60. The van der Waals surface area contributed by atoms with Gasteiger partial charge in [-0.25, -0.2) is 4.39 Å². The van der Waals surface area contributed by atoms with Crippen LogP contribution in [0.5, 0.6) is 5.75 Å². The molecular formula is C32H37F4N5O3. The van der Waals surface area contributed by atoms with E-state index >= 15 is 0 Å². The summed E-state index contributed by atoms with van der Waals surface area (Å²) in [6, 6.07) is 10.2. The van der Waals surface area contributed by atoms with Crippen molar-refractivity contribution in [1.29, 1.82) is 0 Å². The second-order valence-electron chi connectivity index (χ2n) is 11.0. The minimum absolute atomic E-state index is 0.000153. The summed E-state index contributed by atoms with van der Waals surface area (Å²) in [6.45, 7) is 2.29. The van der Waals surface area contributed by atoms with Crippen LogP contribution in [0, 0.1) is 17.7 Å². The highest BCUT2D eigenvalue weighted by Gasteiger charge is 2.31. The van der Waals surface area contributed by atoms with Gasteiger partial charge in [-0.05, 0) is 55.9 Å². The first-order valence-electron chi connectivity index (χ1n) is 14.8. The average molecular weight is 616 g/mol. The molecule has 1 amide bonds. The number of carbonyl (C=O) groups is 1. The number of hydrogen-bond acceptors (Lipinski definition) is 6. The third-order valence-electron chi connectivity index (χ3n) is 8.25. The molecule has 1 saturated heterocycles. The first-order chi connectivity index (χ1) is 21.2. The Hall–Kier alpha value is -3.95. The highest BCUT2D eigenvalue weighted by Crippen LogP contribution is 2.33. The van der Waals surface area contributed by atoms with Gasteiger partial charge in [0, 0.05) is 49.4 Å². The molecule has 1 aromatic heterocycles. The van der Waals surface area contributed by atoms with E-state index in [9.17, 15) is 22.4 Å². The van der Waals surface area contributed by atoms with Gasteiger partial charge in [-0.1, -0.05) is 12.0 Å². The number of methoxy groups -OCH3 is 1. The van der Waals surface area contributed by atoms with Crippen LogP contribution in [0.1, 0.15) is 41.7 Å². The number of hydrogen-bond donors (Lipinski definition) is 3. The summed E-state index contributed by atoms with van der Waals surface area (Å²) < 4.78 is 67.4. The minimum atomic E-state index is -4.45. The highest BCUT2D eigenvalue weighted by atomic mass is 19.4. The van der Waals surface area contributed by atoms with Crippen LogP contribution >= 0.6 is 0 Å². The van der Waals surface area contributed by atoms with Gasteiger partial charge >= 0.3 is 6.18 Å². The van der Waals surface area contributed by atoms with Crippen LogP contribution in [0.2, 0.25) is 0 Å². The number of benzene rings is 2. The Kier molecular flexibility index (Phi) is 9.86. The zero-order valence-corrected chi connectivity index (χ0v) is 24.8. The Morgan fingerprint density at radius 3 is 2.52 bits per heavy atom. The molecule has 0 atom stereocenters. The lowest BCUT2D eigenvalue weighted by Gasteiger charge is -2.39. The molecule has 1 saturated carbocycles. The van der Waals surface area contributed by atoms with Crippen molar-refractivity contribution in [2.75, 3.05) is 57.6 Å². The van der Waals surface area contributed by atoms with Crippen molar-refractivity contribution in [3.63, 3.8) is 0 Å². The lowest BCUT2D eigenvalue weighted by molar-refractivity contribution is -0.140. The van der Waals surface area contributed by atoms with Crippen molar-refractivity contribution in [3.05, 3.63) is 53.5 Å². The highest BCUT2D eigenvalue weighted by molar-refractivity contribution is 5.95. The smallest absolute Gasteiger partial charge is 0.406 e. The van der Waals surface area contributed by atoms with Gasteiger partial charge in [-0.15, -0.1) is 0 Å². The van der Waals surface area contributed by atoms with Crippen molar-refractivity contribution >= 4 is 28.2 Å². The van der Waals surface area contributed by atoms with Crippen molar-refractivity contribution in [2.24, 2.45) is 0 Å². The number of nitrogens with zero attached hydrogens (tertiary/aromatic N) is 2. The number of rotatable bonds is 8. The normalized spacial score (nSPS) is 19.2. The molecule has 0 spiro atoms. The fraction of sp³-hybridized carbons (Fsp3) is 0.469. The maximum absolute atomic E-state index is 14.5. The van der Waals surface area contributed by atoms with E-state index in [2.05, 4.69) is 32.7 Å². The molecule has 2 aromatic carbocycles. The molecule has 0 unspecified atom stereocenters. The maximum Gasteiger partial charge on any atom is 0.406 e. The lowest BCUT2D eigenvalue weighted by atomic mass is 9.89. The number of fused-ring (bicyclic) bond motifs is 1. The third kappa shape index (κ3) is 7.39. The lowest BCUT2D eigenvalue weighted by Crippen LogP contribution is -2.46. The number of anilines is 2. The van der Waals surface area contributed by atoms with E-state index in [1.807, 2.05) is 6.07 Å². The fourth-order valence-electron chi connectivity index (χ4n) is 6.05. The van der Waals surface area contributed by atoms with Crippen molar-refractivity contribution in [2.45, 2.75) is 50.5 Å². The Morgan fingerprint density at radius 2 is 1.84 bits per heavy atom. The minimum Gasteiger partial charge on any atom is -0.495 e. The molecule has 5 rings (SSSR count). The van der Waals surface area contributed by atoms with Crippen LogP contribution < -0.4 is 20.7 Å². The number of morpholine rings is 1. The summed E-state index contributed by atoms with van der Waals surface area (Å²) in [5, 5.41) is 9.57. The molecular weight excluding hydrogens is 578 g/mol. The van der Waals surface area contributed by atoms with E-state index < -0.39 is 24.4 Å². The molecule has 236 valence electrons. The topological polar surface area (TPSA) is 79.8 Å². The number of ether oxygens (including phenoxy) is 2. The monoisotopic (exact) mass is 615 g/mol. The number of carbonyl (C=O) groups excluding carboxylic acids is 1. The standard InChI is InChI=1S/C32H37F4N5O3/c1-37-31(42)24-18-30(43-2)28(19-26(24)33)38-12-4-5-23-17-25-27(6-3-7-29(25)41(23)20-32(34,35)36)39-21-8-10-22(11-9-21)40-13-15-44-16-14-40/h3,6-7,17-19,21-22,38-39H,8-16,20H2,1-2H3,(H,37,42). The fourth-order valence-corrected chi connectivity index (χ4v) is 6.05. The second-order valence-corrected chi connectivity index (χ2v) is 11.0. The Morgan fingerprint density at radius 1 is 1.09 bits per heavy atom. The van der Waals surface area contributed by atoms with Gasteiger partial charge in [0.15, 0.2) is 0 Å². The number of alkyl halides is 3. The third-order valence-corrected chi connectivity index (χ3v) is 8.25. The van der Waals surface area contributed by atoms with Gasteiger partial charge in [0.1, 0.15) is 18.1 Å². The summed E-state index contributed by atoms with van der Waals surface area (Å²) in [6.07, 6.45) is -0.354. The molecule has 12 heteroatoms. The van der Waals surface area contributed by atoms with E-state index in [1.54, 1.807) is 18.2 Å². The Balaban J connectivity index is 1.33. The molecule has 3 aromatic rings. The Bertz CT molecular complexity index is 1530. The van der Waals surface area contributed by atoms with Crippen LogP contribution in [0.15, 0.2) is 36.4 Å².